The SMILES string of the molecule is C=CNc1cc(C(=C)N=C/C(S)=C\C)ccc1C.Cc1cnc(-c2ccc3c(c2)CC(=O)N3)o1. The second-order valence-corrected chi connectivity index (χ2v) is 8.19. The minimum atomic E-state index is 0.0377. The Morgan fingerprint density at radius 2 is 2.06 bits per heavy atom. The average Bonchev–Trinajstić information content (AvgIpc) is 3.43. The van der Waals surface area contributed by atoms with Gasteiger partial charge in [0.2, 0.25) is 11.8 Å². The number of aromatic nitrogens is 1. The van der Waals surface area contributed by atoms with E-state index >= 15 is 0 Å². The largest absolute Gasteiger partial charge is 0.441 e. The molecule has 0 spiro atoms. The van der Waals surface area contributed by atoms with Gasteiger partial charge in [-0.25, -0.2) is 4.98 Å². The van der Waals surface area contributed by atoms with Crippen LogP contribution in [-0.4, -0.2) is 17.1 Å². The maximum absolute atomic E-state index is 11.2. The number of hydrogen-bond donors (Lipinski definition) is 3. The lowest BCUT2D eigenvalue weighted by Gasteiger charge is -2.08. The Morgan fingerprint density at radius 1 is 1.26 bits per heavy atom. The third kappa shape index (κ3) is 6.36. The first-order chi connectivity index (χ1) is 16.3. The molecule has 0 unspecified atom stereocenters. The number of allylic oxidation sites excluding steroid dienone is 2. The number of nitrogens with one attached hydrogen (secondary N) is 2. The number of carbonyl (C=O) groups excluding carboxylic acids is 1. The fourth-order valence-electron chi connectivity index (χ4n) is 3.21. The molecule has 34 heavy (non-hydrogen) atoms. The predicted octanol–water partition coefficient (Wildman–Crippen LogP) is 6.57. The lowest BCUT2D eigenvalue weighted by Crippen LogP contribution is -2.03. The molecule has 0 saturated heterocycles. The Morgan fingerprint density at radius 3 is 2.74 bits per heavy atom. The van der Waals surface area contributed by atoms with E-state index in [9.17, 15) is 4.79 Å². The maximum Gasteiger partial charge on any atom is 0.228 e. The molecule has 174 valence electrons. The summed E-state index contributed by atoms with van der Waals surface area (Å²) < 4.78 is 5.44. The third-order valence-electron chi connectivity index (χ3n) is 5.08. The lowest BCUT2D eigenvalue weighted by atomic mass is 10.1. The highest BCUT2D eigenvalue weighted by molar-refractivity contribution is 7.85. The van der Waals surface area contributed by atoms with Gasteiger partial charge in [-0.05, 0) is 62.4 Å². The molecule has 2 N–H and O–H groups in total. The molecule has 1 aliphatic rings. The lowest BCUT2D eigenvalue weighted by molar-refractivity contribution is -0.115. The highest BCUT2D eigenvalue weighted by atomic mass is 32.1. The van der Waals surface area contributed by atoms with Crippen molar-refractivity contribution in [2.45, 2.75) is 27.2 Å². The van der Waals surface area contributed by atoms with Gasteiger partial charge < -0.3 is 15.1 Å². The quantitative estimate of drug-likeness (QED) is 0.280. The molecule has 1 aliphatic heterocycles. The van der Waals surface area contributed by atoms with Gasteiger partial charge >= 0.3 is 0 Å². The van der Waals surface area contributed by atoms with Crippen molar-refractivity contribution in [1.29, 1.82) is 0 Å². The minimum Gasteiger partial charge on any atom is -0.441 e. The van der Waals surface area contributed by atoms with Crippen LogP contribution >= 0.6 is 12.6 Å². The first kappa shape index (κ1) is 24.8. The Labute approximate surface area is 205 Å². The Hall–Kier alpha value is -3.84. The standard InChI is InChI=1S/C15H18N2S.C12H10N2O2/c1-5-14(18)10-17-12(4)13-8-7-11(3)15(9-13)16-6-2;1-7-6-13-12(16-7)8-2-3-10-9(4-8)5-11(15)14-10/h5-10,16,18H,2,4H2,1,3H3;2-4,6H,5H2,1H3,(H,14,15)/b14-5+,17-10?;. The van der Waals surface area contributed by atoms with Crippen molar-refractivity contribution in [3.8, 4) is 11.5 Å². The third-order valence-corrected chi connectivity index (χ3v) is 5.45. The first-order valence-electron chi connectivity index (χ1n) is 10.7. The Kier molecular flexibility index (Phi) is 8.27. The van der Waals surface area contributed by atoms with E-state index in [4.69, 9.17) is 4.42 Å². The van der Waals surface area contributed by atoms with E-state index in [2.05, 4.69) is 46.4 Å². The monoisotopic (exact) mass is 472 g/mol. The van der Waals surface area contributed by atoms with Crippen LogP contribution in [0, 0.1) is 13.8 Å². The number of rotatable bonds is 6. The Balaban J connectivity index is 0.000000191. The van der Waals surface area contributed by atoms with Gasteiger partial charge in [-0.2, -0.15) is 0 Å². The number of oxazole rings is 1. The number of amides is 1. The number of anilines is 2. The summed E-state index contributed by atoms with van der Waals surface area (Å²) in [7, 11) is 0. The van der Waals surface area contributed by atoms with E-state index in [1.165, 1.54) is 0 Å². The van der Waals surface area contributed by atoms with Crippen molar-refractivity contribution >= 4 is 41.8 Å². The van der Waals surface area contributed by atoms with E-state index in [1.54, 1.807) is 18.6 Å². The zero-order valence-corrected chi connectivity index (χ0v) is 20.4. The van der Waals surface area contributed by atoms with Crippen molar-refractivity contribution in [1.82, 2.24) is 4.98 Å². The average molecular weight is 473 g/mol. The van der Waals surface area contributed by atoms with Gasteiger partial charge in [-0.15, -0.1) is 12.6 Å². The summed E-state index contributed by atoms with van der Waals surface area (Å²) in [6, 6.07) is 11.8. The molecular formula is C27H28N4O2S. The normalized spacial score (nSPS) is 12.6. The fraction of sp³-hybridized carbons (Fsp3) is 0.148. The van der Waals surface area contributed by atoms with Crippen molar-refractivity contribution in [2.24, 2.45) is 4.99 Å². The topological polar surface area (TPSA) is 79.5 Å². The molecule has 1 aromatic heterocycles. The number of aliphatic imine (C=N–C) groups is 1. The van der Waals surface area contributed by atoms with E-state index in [0.717, 1.165) is 44.3 Å². The van der Waals surface area contributed by atoms with Gasteiger partial charge in [-0.3, -0.25) is 9.79 Å². The first-order valence-corrected chi connectivity index (χ1v) is 11.2. The molecule has 0 radical (unpaired) electrons. The van der Waals surface area contributed by atoms with Crippen molar-refractivity contribution in [3.05, 3.63) is 95.4 Å². The smallest absolute Gasteiger partial charge is 0.228 e. The molecule has 1 amide bonds. The van der Waals surface area contributed by atoms with Crippen LogP contribution in [0.5, 0.6) is 0 Å². The summed E-state index contributed by atoms with van der Waals surface area (Å²) in [5, 5.41) is 5.88. The Bertz CT molecular complexity index is 1290. The molecule has 7 heteroatoms. The zero-order valence-electron chi connectivity index (χ0n) is 19.6. The summed E-state index contributed by atoms with van der Waals surface area (Å²) in [5.74, 6) is 1.42. The zero-order chi connectivity index (χ0) is 24.7. The molecule has 0 saturated carbocycles. The van der Waals surface area contributed by atoms with Crippen molar-refractivity contribution in [3.63, 3.8) is 0 Å². The maximum atomic E-state index is 11.2. The number of aryl methyl sites for hydroxylation is 2. The van der Waals surface area contributed by atoms with Crippen molar-refractivity contribution in [2.75, 3.05) is 10.6 Å². The molecular weight excluding hydrogens is 444 g/mol. The number of nitrogens with zero attached hydrogens (tertiary/aromatic N) is 2. The van der Waals surface area contributed by atoms with E-state index in [-0.39, 0.29) is 5.91 Å². The molecule has 0 fully saturated rings. The summed E-state index contributed by atoms with van der Waals surface area (Å²) in [6.45, 7) is 13.4. The number of fused-ring (bicyclic) bond motifs is 1. The van der Waals surface area contributed by atoms with Gasteiger partial charge in [0.1, 0.15) is 5.76 Å². The van der Waals surface area contributed by atoms with Gasteiger partial charge in [-0.1, -0.05) is 31.4 Å². The summed E-state index contributed by atoms with van der Waals surface area (Å²) >= 11 is 4.23. The number of thiol groups is 1. The van der Waals surface area contributed by atoms with Crippen LogP contribution in [0.25, 0.3) is 17.2 Å². The molecule has 0 aliphatic carbocycles. The van der Waals surface area contributed by atoms with Gasteiger partial charge in [0.25, 0.3) is 0 Å². The molecule has 2 heterocycles. The van der Waals surface area contributed by atoms with Crippen LogP contribution in [0.15, 0.2) is 82.3 Å². The molecule has 3 aromatic rings. The predicted molar refractivity (Wildman–Crippen MR) is 144 cm³/mol. The van der Waals surface area contributed by atoms with Crippen LogP contribution in [0.2, 0.25) is 0 Å². The molecule has 2 aromatic carbocycles. The molecule has 0 atom stereocenters. The van der Waals surface area contributed by atoms with Crippen LogP contribution in [0.1, 0.15) is 29.4 Å². The van der Waals surface area contributed by atoms with Crippen LogP contribution in [0.3, 0.4) is 0 Å². The number of hydrogen-bond acceptors (Lipinski definition) is 6. The number of benzene rings is 2. The van der Waals surface area contributed by atoms with Crippen molar-refractivity contribution < 1.29 is 9.21 Å². The van der Waals surface area contributed by atoms with Gasteiger partial charge in [0.15, 0.2) is 0 Å². The second kappa shape index (κ2) is 11.3. The van der Waals surface area contributed by atoms with E-state index in [0.29, 0.717) is 18.0 Å². The highest BCUT2D eigenvalue weighted by Crippen LogP contribution is 2.28. The number of carbonyl (C=O) groups is 1. The summed E-state index contributed by atoms with van der Waals surface area (Å²) in [4.78, 5) is 20.5. The van der Waals surface area contributed by atoms with Crippen LogP contribution in [0.4, 0.5) is 11.4 Å². The highest BCUT2D eigenvalue weighted by Gasteiger charge is 2.18. The summed E-state index contributed by atoms with van der Waals surface area (Å²) in [6.07, 6.45) is 7.34. The second-order valence-electron chi connectivity index (χ2n) is 7.67. The molecule has 0 bridgehead atoms. The molecule has 4 rings (SSSR count). The summed E-state index contributed by atoms with van der Waals surface area (Å²) in [5.41, 5.74) is 6.63. The van der Waals surface area contributed by atoms with Crippen LogP contribution < -0.4 is 10.6 Å². The minimum absolute atomic E-state index is 0.0377. The van der Waals surface area contributed by atoms with Gasteiger partial charge in [0, 0.05) is 33.6 Å². The molecule has 6 nitrogen and oxygen atoms in total. The van der Waals surface area contributed by atoms with E-state index < -0.39 is 0 Å². The fourth-order valence-corrected chi connectivity index (χ4v) is 3.27. The van der Waals surface area contributed by atoms with Gasteiger partial charge in [0.05, 0.1) is 18.3 Å². The van der Waals surface area contributed by atoms with Crippen LogP contribution in [-0.2, 0) is 11.2 Å². The van der Waals surface area contributed by atoms with E-state index in [1.807, 2.05) is 63.2 Å².